The molecule has 5 rings (SSSR count). The lowest BCUT2D eigenvalue weighted by molar-refractivity contribution is 0.1000. The summed E-state index contributed by atoms with van der Waals surface area (Å²) in [4.78, 5) is 17.6. The monoisotopic (exact) mass is 485 g/mol. The van der Waals surface area contributed by atoms with Crippen molar-refractivity contribution < 1.29 is 4.79 Å². The maximum atomic E-state index is 12.9. The highest BCUT2D eigenvalue weighted by molar-refractivity contribution is 6.31. The first-order chi connectivity index (χ1) is 17.0. The summed E-state index contributed by atoms with van der Waals surface area (Å²) in [5.74, 6) is -0.339. The van der Waals surface area contributed by atoms with Crippen molar-refractivity contribution in [1.82, 2.24) is 0 Å². The number of aryl methyl sites for hydroxylation is 1. The first kappa shape index (κ1) is 23.5. The number of amides is 1. The first-order valence-electron chi connectivity index (χ1n) is 12.5. The van der Waals surface area contributed by atoms with E-state index >= 15 is 0 Å². The summed E-state index contributed by atoms with van der Waals surface area (Å²) in [6.07, 6.45) is 2.95. The van der Waals surface area contributed by atoms with Crippen LogP contribution in [0.1, 0.15) is 41.3 Å². The van der Waals surface area contributed by atoms with Crippen molar-refractivity contribution >= 4 is 50.4 Å². The lowest BCUT2D eigenvalue weighted by Gasteiger charge is -2.39. The molecule has 0 unspecified atom stereocenters. The molecule has 4 aromatic carbocycles. The Bertz CT molecular complexity index is 1410. The molecule has 4 aromatic rings. The number of carbonyl (C=O) groups excluding carboxylic acids is 1. The number of piperazine rings is 1. The van der Waals surface area contributed by atoms with Crippen LogP contribution in [0, 0.1) is 6.92 Å². The van der Waals surface area contributed by atoms with Gasteiger partial charge in [0.2, 0.25) is 0 Å². The number of nitrogens with two attached hydrogens (primary N) is 1. The van der Waals surface area contributed by atoms with Gasteiger partial charge in [0.1, 0.15) is 0 Å². The van der Waals surface area contributed by atoms with Gasteiger partial charge >= 0.3 is 0 Å². The number of primary amides is 1. The van der Waals surface area contributed by atoms with Crippen molar-refractivity contribution in [3.8, 4) is 0 Å². The zero-order valence-electron chi connectivity index (χ0n) is 20.5. The Hall–Kier alpha value is -3.24. The molecule has 1 heterocycles. The van der Waals surface area contributed by atoms with E-state index in [1.807, 2.05) is 12.1 Å². The van der Waals surface area contributed by atoms with Gasteiger partial charge in [-0.25, -0.2) is 0 Å². The summed E-state index contributed by atoms with van der Waals surface area (Å²) in [5, 5.41) is 5.45. The van der Waals surface area contributed by atoms with E-state index < -0.39 is 0 Å². The third kappa shape index (κ3) is 4.43. The molecule has 0 aliphatic carbocycles. The van der Waals surface area contributed by atoms with Crippen molar-refractivity contribution in [3.63, 3.8) is 0 Å². The summed E-state index contributed by atoms with van der Waals surface area (Å²) in [6, 6.07) is 21.2. The number of carbonyl (C=O) groups is 1. The largest absolute Gasteiger partial charge is 0.368 e. The molecule has 35 heavy (non-hydrogen) atoms. The SMILES string of the molecule is CCCCc1cc2cc3ccccc3cc2c(N2CCN(c3cccc(Cl)c3C)CC2)c1C(N)=O. The second kappa shape index (κ2) is 9.79. The van der Waals surface area contributed by atoms with Crippen LogP contribution in [-0.2, 0) is 6.42 Å². The van der Waals surface area contributed by atoms with Crippen molar-refractivity contribution in [2.24, 2.45) is 5.73 Å². The number of anilines is 2. The van der Waals surface area contributed by atoms with E-state index in [0.29, 0.717) is 5.56 Å². The summed E-state index contributed by atoms with van der Waals surface area (Å²) >= 11 is 6.40. The molecule has 1 fully saturated rings. The van der Waals surface area contributed by atoms with Gasteiger partial charge in [0.15, 0.2) is 0 Å². The standard InChI is InChI=1S/C30H32ClN3O/c1-3-4-8-23-18-24-17-21-9-5-6-10-22(21)19-25(24)29(28(23)30(32)35)34-15-13-33(14-16-34)27-12-7-11-26(31)20(27)2/h5-7,9-12,17-19H,3-4,8,13-16H2,1-2H3,(H2,32,35). The molecule has 0 aromatic heterocycles. The lowest BCUT2D eigenvalue weighted by atomic mass is 9.92. The zero-order valence-corrected chi connectivity index (χ0v) is 21.2. The van der Waals surface area contributed by atoms with Gasteiger partial charge in [-0.05, 0) is 71.3 Å². The summed E-state index contributed by atoms with van der Waals surface area (Å²) < 4.78 is 0. The van der Waals surface area contributed by atoms with Crippen molar-refractivity contribution in [2.75, 3.05) is 36.0 Å². The fraction of sp³-hybridized carbons (Fsp3) is 0.300. The van der Waals surface area contributed by atoms with Gasteiger partial charge in [0.25, 0.3) is 5.91 Å². The minimum Gasteiger partial charge on any atom is -0.368 e. The Morgan fingerprint density at radius 2 is 1.60 bits per heavy atom. The van der Waals surface area contributed by atoms with Crippen LogP contribution in [-0.4, -0.2) is 32.1 Å². The Morgan fingerprint density at radius 3 is 2.29 bits per heavy atom. The minimum atomic E-state index is -0.339. The number of hydrogen-bond donors (Lipinski definition) is 1. The van der Waals surface area contributed by atoms with Gasteiger partial charge < -0.3 is 15.5 Å². The summed E-state index contributed by atoms with van der Waals surface area (Å²) in [5.41, 5.74) is 11.1. The van der Waals surface area contributed by atoms with Gasteiger partial charge in [-0.1, -0.05) is 61.3 Å². The second-order valence-electron chi connectivity index (χ2n) is 9.51. The van der Waals surface area contributed by atoms with E-state index in [1.54, 1.807) is 0 Å². The van der Waals surface area contributed by atoms with Crippen LogP contribution in [0.5, 0.6) is 0 Å². The molecular weight excluding hydrogens is 454 g/mol. The Labute approximate surface area is 212 Å². The van der Waals surface area contributed by atoms with Crippen LogP contribution in [0.3, 0.4) is 0 Å². The number of halogens is 1. The number of rotatable bonds is 6. The molecule has 0 atom stereocenters. The fourth-order valence-corrected chi connectivity index (χ4v) is 5.58. The number of unbranched alkanes of at least 4 members (excludes halogenated alkanes) is 1. The Morgan fingerprint density at radius 1 is 0.914 bits per heavy atom. The quantitative estimate of drug-likeness (QED) is 0.308. The van der Waals surface area contributed by atoms with E-state index in [-0.39, 0.29) is 5.91 Å². The molecule has 180 valence electrons. The fourth-order valence-electron chi connectivity index (χ4n) is 5.41. The molecular formula is C30H32ClN3O. The normalized spacial score (nSPS) is 14.1. The zero-order chi connectivity index (χ0) is 24.5. The molecule has 2 N–H and O–H groups in total. The topological polar surface area (TPSA) is 49.6 Å². The van der Waals surface area contributed by atoms with Crippen LogP contribution in [0.15, 0.2) is 60.7 Å². The highest BCUT2D eigenvalue weighted by atomic mass is 35.5. The van der Waals surface area contributed by atoms with Crippen LogP contribution in [0.2, 0.25) is 5.02 Å². The average molecular weight is 486 g/mol. The van der Waals surface area contributed by atoms with Crippen molar-refractivity contribution in [3.05, 3.63) is 82.4 Å². The molecule has 1 aliphatic rings. The molecule has 1 saturated heterocycles. The Balaban J connectivity index is 1.61. The molecule has 0 spiro atoms. The molecule has 0 radical (unpaired) electrons. The Kier molecular flexibility index (Phi) is 6.57. The third-order valence-corrected chi connectivity index (χ3v) is 7.69. The van der Waals surface area contributed by atoms with E-state index in [0.717, 1.165) is 72.7 Å². The van der Waals surface area contributed by atoms with Gasteiger partial charge in [-0.3, -0.25) is 4.79 Å². The molecule has 5 heteroatoms. The van der Waals surface area contributed by atoms with E-state index in [9.17, 15) is 4.79 Å². The van der Waals surface area contributed by atoms with Crippen LogP contribution in [0.25, 0.3) is 21.5 Å². The van der Waals surface area contributed by atoms with E-state index in [1.165, 1.54) is 21.8 Å². The maximum Gasteiger partial charge on any atom is 0.251 e. The average Bonchev–Trinajstić information content (AvgIpc) is 2.87. The van der Waals surface area contributed by atoms with Crippen LogP contribution < -0.4 is 15.5 Å². The highest BCUT2D eigenvalue weighted by Gasteiger charge is 2.26. The minimum absolute atomic E-state index is 0.339. The molecule has 0 saturated carbocycles. The van der Waals surface area contributed by atoms with Gasteiger partial charge in [-0.2, -0.15) is 0 Å². The molecule has 4 nitrogen and oxygen atoms in total. The lowest BCUT2D eigenvalue weighted by Crippen LogP contribution is -2.47. The van der Waals surface area contributed by atoms with Gasteiger partial charge in [0, 0.05) is 42.3 Å². The predicted octanol–water partition coefficient (Wildman–Crippen LogP) is 6.72. The first-order valence-corrected chi connectivity index (χ1v) is 12.9. The third-order valence-electron chi connectivity index (χ3n) is 7.28. The van der Waals surface area contributed by atoms with Crippen molar-refractivity contribution in [1.29, 1.82) is 0 Å². The van der Waals surface area contributed by atoms with Gasteiger partial charge in [-0.15, -0.1) is 0 Å². The van der Waals surface area contributed by atoms with E-state index in [2.05, 4.69) is 72.2 Å². The predicted molar refractivity (Wildman–Crippen MR) is 149 cm³/mol. The van der Waals surface area contributed by atoms with E-state index in [4.69, 9.17) is 17.3 Å². The number of nitrogens with zero attached hydrogens (tertiary/aromatic N) is 2. The molecule has 0 bridgehead atoms. The second-order valence-corrected chi connectivity index (χ2v) is 9.91. The highest BCUT2D eigenvalue weighted by Crippen LogP contribution is 2.38. The summed E-state index contributed by atoms with van der Waals surface area (Å²) in [6.45, 7) is 7.58. The molecule has 1 aliphatic heterocycles. The van der Waals surface area contributed by atoms with Gasteiger partial charge in [0.05, 0.1) is 11.3 Å². The number of benzene rings is 4. The van der Waals surface area contributed by atoms with Crippen LogP contribution >= 0.6 is 11.6 Å². The van der Waals surface area contributed by atoms with Crippen molar-refractivity contribution in [2.45, 2.75) is 33.1 Å². The van der Waals surface area contributed by atoms with Crippen LogP contribution in [0.4, 0.5) is 11.4 Å². The number of hydrogen-bond acceptors (Lipinski definition) is 3. The smallest absolute Gasteiger partial charge is 0.251 e. The molecule has 1 amide bonds. The maximum absolute atomic E-state index is 12.9. The summed E-state index contributed by atoms with van der Waals surface area (Å²) in [7, 11) is 0. The number of fused-ring (bicyclic) bond motifs is 2.